The van der Waals surface area contributed by atoms with Crippen LogP contribution in [0.2, 0.25) is 0 Å². The van der Waals surface area contributed by atoms with E-state index < -0.39 is 0 Å². The quantitative estimate of drug-likeness (QED) is 0.118. The van der Waals surface area contributed by atoms with Crippen molar-refractivity contribution in [3.8, 4) is 11.5 Å². The Hall–Kier alpha value is -3.68. The zero-order valence-corrected chi connectivity index (χ0v) is 22.4. The van der Waals surface area contributed by atoms with Gasteiger partial charge in [-0.1, -0.05) is 0 Å². The number of amides is 1. The maximum Gasteiger partial charge on any atom is 0.350 e. The fraction of sp³-hybridized carbons (Fsp3) is 0.538. The number of aliphatic imine (C=N–C) groups is 1. The zero-order chi connectivity index (χ0) is 27.6. The van der Waals surface area contributed by atoms with Gasteiger partial charge in [-0.2, -0.15) is 4.98 Å². The molecule has 1 saturated heterocycles. The average molecular weight is 542 g/mol. The summed E-state index contributed by atoms with van der Waals surface area (Å²) >= 11 is 0. The number of rotatable bonds is 13. The highest BCUT2D eigenvalue weighted by molar-refractivity contribution is 5.96. The summed E-state index contributed by atoms with van der Waals surface area (Å²) in [6.07, 6.45) is 4.30. The second-order valence-corrected chi connectivity index (χ2v) is 9.52. The number of hydrogen-bond donors (Lipinski definition) is 5. The Morgan fingerprint density at radius 2 is 2.05 bits per heavy atom. The van der Waals surface area contributed by atoms with Crippen molar-refractivity contribution in [2.75, 3.05) is 64.3 Å². The summed E-state index contributed by atoms with van der Waals surface area (Å²) in [7, 11) is 0. The van der Waals surface area contributed by atoms with Crippen molar-refractivity contribution >= 4 is 23.4 Å². The predicted octanol–water partition coefficient (Wildman–Crippen LogP) is 0.749. The summed E-state index contributed by atoms with van der Waals surface area (Å²) in [4.78, 5) is 36.1. The number of nitrogens with one attached hydrogen (secondary N) is 3. The molecule has 2 aliphatic heterocycles. The molecule has 3 heterocycles. The molecule has 0 spiro atoms. The van der Waals surface area contributed by atoms with Gasteiger partial charge in [0.1, 0.15) is 0 Å². The first-order valence-electron chi connectivity index (χ1n) is 13.5. The lowest BCUT2D eigenvalue weighted by atomic mass is 10.0. The number of carbonyl (C=O) groups is 1. The first kappa shape index (κ1) is 28.3. The zero-order valence-electron chi connectivity index (χ0n) is 22.4. The van der Waals surface area contributed by atoms with Gasteiger partial charge in [0.15, 0.2) is 23.3 Å². The van der Waals surface area contributed by atoms with E-state index >= 15 is 0 Å². The number of fused-ring (bicyclic) bond motifs is 2. The average Bonchev–Trinajstić information content (AvgIpc) is 2.93. The molecule has 2 aliphatic rings. The van der Waals surface area contributed by atoms with Crippen LogP contribution in [-0.4, -0.2) is 85.3 Å². The third-order valence-electron chi connectivity index (χ3n) is 6.72. The van der Waals surface area contributed by atoms with Gasteiger partial charge in [0.25, 0.3) is 5.91 Å². The van der Waals surface area contributed by atoms with E-state index in [2.05, 4.69) is 30.8 Å². The van der Waals surface area contributed by atoms with Crippen molar-refractivity contribution in [2.24, 2.45) is 16.5 Å². The van der Waals surface area contributed by atoms with Crippen LogP contribution in [0, 0.1) is 0 Å². The van der Waals surface area contributed by atoms with Crippen LogP contribution in [-0.2, 0) is 4.74 Å². The predicted molar refractivity (Wildman–Crippen MR) is 150 cm³/mol. The fourth-order valence-electron chi connectivity index (χ4n) is 4.68. The van der Waals surface area contributed by atoms with E-state index in [1.165, 1.54) is 0 Å². The van der Waals surface area contributed by atoms with E-state index in [9.17, 15) is 9.59 Å². The first-order chi connectivity index (χ1) is 18.9. The molecule has 13 heteroatoms. The second kappa shape index (κ2) is 13.9. The van der Waals surface area contributed by atoms with E-state index in [0.717, 1.165) is 45.4 Å². The number of anilines is 2. The summed E-state index contributed by atoms with van der Waals surface area (Å²) in [5.41, 5.74) is 11.5. The number of nitrogens with zero attached hydrogens (tertiary/aromatic N) is 4. The molecule has 4 rings (SSSR count). The fourth-order valence-corrected chi connectivity index (χ4v) is 4.68. The SMILES string of the molecule is CCOCCNCCNC(=O)c1ccc2c(c1)Nc1nc(=O)n(C3CCN(CCCN=C(N)N)CC3)cc1O2. The van der Waals surface area contributed by atoms with Crippen LogP contribution in [0.4, 0.5) is 11.5 Å². The minimum Gasteiger partial charge on any atom is -0.450 e. The minimum atomic E-state index is -0.328. The first-order valence-corrected chi connectivity index (χ1v) is 13.5. The van der Waals surface area contributed by atoms with E-state index in [-0.39, 0.29) is 23.6 Å². The molecule has 1 amide bonds. The number of likely N-dealkylation sites (tertiary alicyclic amines) is 1. The number of ether oxygens (including phenoxy) is 2. The normalized spacial score (nSPS) is 15.0. The number of carbonyl (C=O) groups excluding carboxylic acids is 1. The van der Waals surface area contributed by atoms with Crippen molar-refractivity contribution in [3.63, 3.8) is 0 Å². The Bertz CT molecular complexity index is 1200. The monoisotopic (exact) mass is 541 g/mol. The second-order valence-electron chi connectivity index (χ2n) is 9.52. The smallest absolute Gasteiger partial charge is 0.350 e. The van der Waals surface area contributed by atoms with Gasteiger partial charge in [0.05, 0.1) is 18.5 Å². The highest BCUT2D eigenvalue weighted by Crippen LogP contribution is 2.41. The van der Waals surface area contributed by atoms with E-state index in [4.69, 9.17) is 20.9 Å². The van der Waals surface area contributed by atoms with Crippen LogP contribution in [0.5, 0.6) is 11.5 Å². The highest BCUT2D eigenvalue weighted by Gasteiger charge is 2.25. The van der Waals surface area contributed by atoms with Crippen molar-refractivity contribution in [3.05, 3.63) is 40.4 Å². The Labute approximate surface area is 227 Å². The van der Waals surface area contributed by atoms with E-state index in [0.29, 0.717) is 61.4 Å². The van der Waals surface area contributed by atoms with Crippen molar-refractivity contribution in [2.45, 2.75) is 32.2 Å². The lowest BCUT2D eigenvalue weighted by Crippen LogP contribution is -2.38. The minimum absolute atomic E-state index is 0.0500. The molecule has 0 atom stereocenters. The molecule has 0 unspecified atom stereocenters. The van der Waals surface area contributed by atoms with Gasteiger partial charge in [0.2, 0.25) is 0 Å². The molecule has 1 aromatic carbocycles. The van der Waals surface area contributed by atoms with E-state index in [1.54, 1.807) is 29.0 Å². The summed E-state index contributed by atoms with van der Waals surface area (Å²) in [5.74, 6) is 1.32. The molecule has 0 saturated carbocycles. The summed E-state index contributed by atoms with van der Waals surface area (Å²) in [6.45, 7) is 8.45. The van der Waals surface area contributed by atoms with Crippen LogP contribution in [0.1, 0.15) is 42.6 Å². The summed E-state index contributed by atoms with van der Waals surface area (Å²) in [6, 6.07) is 5.22. The molecule has 1 aromatic heterocycles. The number of nitrogens with two attached hydrogens (primary N) is 2. The maximum atomic E-state index is 12.9. The van der Waals surface area contributed by atoms with Gasteiger partial charge in [-0.15, -0.1) is 0 Å². The number of aromatic nitrogens is 2. The lowest BCUT2D eigenvalue weighted by Gasteiger charge is -2.33. The van der Waals surface area contributed by atoms with Gasteiger partial charge < -0.3 is 41.8 Å². The molecular formula is C26H39N9O4. The molecule has 13 nitrogen and oxygen atoms in total. The topological polar surface area (TPSA) is 174 Å². The van der Waals surface area contributed by atoms with Crippen LogP contribution in [0.3, 0.4) is 0 Å². The molecule has 212 valence electrons. The highest BCUT2D eigenvalue weighted by atomic mass is 16.5. The largest absolute Gasteiger partial charge is 0.450 e. The molecule has 7 N–H and O–H groups in total. The Kier molecular flexibility index (Phi) is 10.1. The lowest BCUT2D eigenvalue weighted by molar-refractivity contribution is 0.0953. The molecule has 0 aliphatic carbocycles. The molecule has 1 fully saturated rings. The molecule has 0 bridgehead atoms. The third kappa shape index (κ3) is 7.91. The molecule has 2 aromatic rings. The van der Waals surface area contributed by atoms with Gasteiger partial charge in [-0.3, -0.25) is 14.4 Å². The molecule has 0 radical (unpaired) electrons. The number of benzene rings is 1. The summed E-state index contributed by atoms with van der Waals surface area (Å²) < 4.78 is 13.0. The maximum absolute atomic E-state index is 12.9. The van der Waals surface area contributed by atoms with Gasteiger partial charge in [-0.05, 0) is 50.9 Å². The van der Waals surface area contributed by atoms with Crippen LogP contribution in [0.15, 0.2) is 34.2 Å². The van der Waals surface area contributed by atoms with Gasteiger partial charge in [-0.25, -0.2) is 4.79 Å². The van der Waals surface area contributed by atoms with Crippen molar-refractivity contribution < 1.29 is 14.3 Å². The molecule has 39 heavy (non-hydrogen) atoms. The molecular weight excluding hydrogens is 502 g/mol. The van der Waals surface area contributed by atoms with Crippen LogP contribution < -0.4 is 37.8 Å². The Balaban J connectivity index is 1.30. The Morgan fingerprint density at radius 3 is 2.82 bits per heavy atom. The standard InChI is InChI=1S/C26H39N9O4/c1-2-38-15-11-29-9-10-30-24(36)18-4-5-21-20(16-18)32-23-22(39-21)17-35(26(37)33-23)19-6-13-34(14-7-19)12-3-8-31-25(27)28/h4-5,16-17,19,29H,2-3,6-15H2,1H3,(H,30,36)(H4,27,28,31)(H,32,33,37). The summed E-state index contributed by atoms with van der Waals surface area (Å²) in [5, 5.41) is 9.26. The van der Waals surface area contributed by atoms with Gasteiger partial charge >= 0.3 is 5.69 Å². The third-order valence-corrected chi connectivity index (χ3v) is 6.72. The number of hydrogen-bond acceptors (Lipinski definition) is 9. The van der Waals surface area contributed by atoms with Crippen LogP contribution >= 0.6 is 0 Å². The van der Waals surface area contributed by atoms with Crippen LogP contribution in [0.25, 0.3) is 0 Å². The van der Waals surface area contributed by atoms with E-state index in [1.807, 2.05) is 6.92 Å². The van der Waals surface area contributed by atoms with Gasteiger partial charge in [0, 0.05) is 57.5 Å². The number of piperidine rings is 1. The van der Waals surface area contributed by atoms with Crippen molar-refractivity contribution in [1.29, 1.82) is 0 Å². The number of guanidine groups is 1. The Morgan fingerprint density at radius 1 is 1.23 bits per heavy atom. The van der Waals surface area contributed by atoms with Crippen molar-refractivity contribution in [1.82, 2.24) is 25.1 Å².